The van der Waals surface area contributed by atoms with Crippen molar-refractivity contribution in [2.45, 2.75) is 13.1 Å². The van der Waals surface area contributed by atoms with Crippen LogP contribution in [-0.2, 0) is 6.18 Å². The van der Waals surface area contributed by atoms with Gasteiger partial charge in [-0.2, -0.15) is 13.2 Å². The molecule has 3 aromatic carbocycles. The number of fused-ring (bicyclic) bond motifs is 1. The predicted molar refractivity (Wildman–Crippen MR) is 119 cm³/mol. The highest BCUT2D eigenvalue weighted by Crippen LogP contribution is 2.41. The Morgan fingerprint density at radius 2 is 1.55 bits per heavy atom. The van der Waals surface area contributed by atoms with Crippen molar-refractivity contribution in [1.29, 1.82) is 0 Å². The molecule has 0 atom stereocenters. The Kier molecular flexibility index (Phi) is 5.58. The summed E-state index contributed by atoms with van der Waals surface area (Å²) in [6.45, 7) is 1.83. The van der Waals surface area contributed by atoms with E-state index in [0.29, 0.717) is 43.5 Å². The fourth-order valence-electron chi connectivity index (χ4n) is 3.63. The van der Waals surface area contributed by atoms with Gasteiger partial charge in [0, 0.05) is 22.7 Å². The van der Waals surface area contributed by atoms with Gasteiger partial charge in [0.1, 0.15) is 5.75 Å². The highest BCUT2D eigenvalue weighted by Gasteiger charge is 2.33. The largest absolute Gasteiger partial charge is 0.495 e. The minimum atomic E-state index is -4.43. The smallest absolute Gasteiger partial charge is 0.417 e. The van der Waals surface area contributed by atoms with Gasteiger partial charge >= 0.3 is 6.18 Å². The molecule has 2 nitrogen and oxygen atoms in total. The Hall–Kier alpha value is -2.76. The molecule has 7 heteroatoms. The van der Waals surface area contributed by atoms with Gasteiger partial charge in [0.15, 0.2) is 0 Å². The van der Waals surface area contributed by atoms with Crippen LogP contribution in [0.5, 0.6) is 5.75 Å². The van der Waals surface area contributed by atoms with Crippen LogP contribution >= 0.6 is 23.2 Å². The maximum absolute atomic E-state index is 13.4. The molecule has 0 aliphatic carbocycles. The lowest BCUT2D eigenvalue weighted by atomic mass is 9.95. The van der Waals surface area contributed by atoms with E-state index in [2.05, 4.69) is 4.98 Å². The van der Waals surface area contributed by atoms with E-state index in [-0.39, 0.29) is 5.56 Å². The molecular weight excluding hydrogens is 446 g/mol. The third kappa shape index (κ3) is 3.95. The molecule has 1 aromatic heterocycles. The molecule has 0 unspecified atom stereocenters. The normalized spacial score (nSPS) is 11.7. The second kappa shape index (κ2) is 8.06. The molecule has 0 radical (unpaired) electrons. The number of ether oxygens (including phenoxy) is 1. The lowest BCUT2D eigenvalue weighted by Crippen LogP contribution is -2.06. The number of methoxy groups -OCH3 is 1. The van der Waals surface area contributed by atoms with Crippen molar-refractivity contribution in [1.82, 2.24) is 4.98 Å². The van der Waals surface area contributed by atoms with E-state index in [1.165, 1.54) is 19.2 Å². The van der Waals surface area contributed by atoms with Crippen LogP contribution in [0.2, 0.25) is 10.0 Å². The maximum atomic E-state index is 13.4. The summed E-state index contributed by atoms with van der Waals surface area (Å²) >= 11 is 13.0. The fourth-order valence-corrected chi connectivity index (χ4v) is 4.27. The second-order valence-electron chi connectivity index (χ2n) is 7.01. The summed E-state index contributed by atoms with van der Waals surface area (Å²) in [6, 6.07) is 15.7. The molecule has 4 rings (SSSR count). The van der Waals surface area contributed by atoms with Crippen molar-refractivity contribution in [3.05, 3.63) is 82.0 Å². The van der Waals surface area contributed by atoms with Crippen LogP contribution in [0.4, 0.5) is 13.2 Å². The molecule has 0 aliphatic rings. The van der Waals surface area contributed by atoms with Gasteiger partial charge < -0.3 is 4.74 Å². The average molecular weight is 462 g/mol. The Morgan fingerprint density at radius 1 is 0.903 bits per heavy atom. The quantitative estimate of drug-likeness (QED) is 0.306. The summed E-state index contributed by atoms with van der Waals surface area (Å²) in [4.78, 5) is 4.62. The SMILES string of the molecule is COc1cc2nc(C)c(-c3ccc(-c4ccccc4C(F)(F)F)cc3)c(Cl)c2cc1Cl. The molecule has 4 aromatic rings. The van der Waals surface area contributed by atoms with Crippen molar-refractivity contribution in [3.8, 4) is 28.0 Å². The van der Waals surface area contributed by atoms with Crippen molar-refractivity contribution >= 4 is 34.1 Å². The third-order valence-electron chi connectivity index (χ3n) is 5.09. The number of benzene rings is 3. The lowest BCUT2D eigenvalue weighted by Gasteiger charge is -2.15. The van der Waals surface area contributed by atoms with Gasteiger partial charge in [-0.25, -0.2) is 0 Å². The van der Waals surface area contributed by atoms with Gasteiger partial charge in [-0.15, -0.1) is 0 Å². The van der Waals surface area contributed by atoms with Crippen molar-refractivity contribution in [2.24, 2.45) is 0 Å². The number of nitrogens with zero attached hydrogens (tertiary/aromatic N) is 1. The van der Waals surface area contributed by atoms with Gasteiger partial charge in [-0.05, 0) is 35.7 Å². The van der Waals surface area contributed by atoms with Gasteiger partial charge in [-0.3, -0.25) is 4.98 Å². The van der Waals surface area contributed by atoms with Gasteiger partial charge in [0.05, 0.1) is 28.2 Å². The standard InChI is InChI=1S/C24H16Cl2F3NO/c1-13-22(23(26)17-11-19(25)21(31-2)12-20(17)30-13)15-9-7-14(8-10-15)16-5-3-4-6-18(16)24(27,28)29/h3-12H,1-2H3. The molecule has 0 saturated carbocycles. The fraction of sp³-hybridized carbons (Fsp3) is 0.125. The van der Waals surface area contributed by atoms with E-state index in [0.717, 1.165) is 11.6 Å². The maximum Gasteiger partial charge on any atom is 0.417 e. The number of aryl methyl sites for hydroxylation is 1. The van der Waals surface area contributed by atoms with Gasteiger partial charge in [-0.1, -0.05) is 65.7 Å². The first-order chi connectivity index (χ1) is 14.7. The Morgan fingerprint density at radius 3 is 2.19 bits per heavy atom. The predicted octanol–water partition coefficient (Wildman–Crippen LogP) is 8.21. The van der Waals surface area contributed by atoms with Crippen molar-refractivity contribution in [2.75, 3.05) is 7.11 Å². The van der Waals surface area contributed by atoms with E-state index in [1.807, 2.05) is 6.92 Å². The van der Waals surface area contributed by atoms with Crippen LogP contribution in [-0.4, -0.2) is 12.1 Å². The minimum absolute atomic E-state index is 0.125. The van der Waals surface area contributed by atoms with E-state index in [1.54, 1.807) is 42.5 Å². The first-order valence-corrected chi connectivity index (χ1v) is 10.1. The molecule has 0 spiro atoms. The number of hydrogen-bond donors (Lipinski definition) is 0. The molecule has 158 valence electrons. The van der Waals surface area contributed by atoms with E-state index in [9.17, 15) is 13.2 Å². The molecule has 0 amide bonds. The number of rotatable bonds is 3. The highest BCUT2D eigenvalue weighted by atomic mass is 35.5. The lowest BCUT2D eigenvalue weighted by molar-refractivity contribution is -0.137. The zero-order valence-corrected chi connectivity index (χ0v) is 18.0. The van der Waals surface area contributed by atoms with Crippen LogP contribution in [0, 0.1) is 6.92 Å². The molecular formula is C24H16Cl2F3NO. The number of hydrogen-bond acceptors (Lipinski definition) is 2. The number of pyridine rings is 1. The Balaban J connectivity index is 1.82. The van der Waals surface area contributed by atoms with E-state index < -0.39 is 11.7 Å². The molecule has 31 heavy (non-hydrogen) atoms. The molecule has 0 aliphatic heterocycles. The third-order valence-corrected chi connectivity index (χ3v) is 5.78. The monoisotopic (exact) mass is 461 g/mol. The first kappa shape index (κ1) is 21.5. The van der Waals surface area contributed by atoms with Crippen LogP contribution < -0.4 is 4.74 Å². The summed E-state index contributed by atoms with van der Waals surface area (Å²) in [6.07, 6.45) is -4.43. The van der Waals surface area contributed by atoms with Crippen LogP contribution in [0.25, 0.3) is 33.2 Å². The van der Waals surface area contributed by atoms with E-state index >= 15 is 0 Å². The summed E-state index contributed by atoms with van der Waals surface area (Å²) in [5.41, 5.74) is 2.69. The summed E-state index contributed by atoms with van der Waals surface area (Å²) in [5, 5.41) is 1.54. The number of halogens is 5. The zero-order chi connectivity index (χ0) is 22.3. The molecule has 0 N–H and O–H groups in total. The summed E-state index contributed by atoms with van der Waals surface area (Å²) in [5.74, 6) is 0.498. The summed E-state index contributed by atoms with van der Waals surface area (Å²) < 4.78 is 45.4. The Labute approximate surface area is 187 Å². The van der Waals surface area contributed by atoms with E-state index in [4.69, 9.17) is 27.9 Å². The zero-order valence-electron chi connectivity index (χ0n) is 16.5. The minimum Gasteiger partial charge on any atom is -0.495 e. The van der Waals surface area contributed by atoms with Crippen LogP contribution in [0.1, 0.15) is 11.3 Å². The Bertz CT molecular complexity index is 1280. The topological polar surface area (TPSA) is 22.1 Å². The van der Waals surface area contributed by atoms with Gasteiger partial charge in [0.25, 0.3) is 0 Å². The number of alkyl halides is 3. The molecule has 0 bridgehead atoms. The van der Waals surface area contributed by atoms with Crippen LogP contribution in [0.3, 0.4) is 0 Å². The van der Waals surface area contributed by atoms with Gasteiger partial charge in [0.2, 0.25) is 0 Å². The second-order valence-corrected chi connectivity index (χ2v) is 7.80. The number of aromatic nitrogens is 1. The van der Waals surface area contributed by atoms with Crippen molar-refractivity contribution < 1.29 is 17.9 Å². The molecule has 0 fully saturated rings. The molecule has 1 heterocycles. The first-order valence-electron chi connectivity index (χ1n) is 9.31. The summed E-state index contributed by atoms with van der Waals surface area (Å²) in [7, 11) is 1.52. The highest BCUT2D eigenvalue weighted by molar-refractivity contribution is 6.39. The molecule has 0 saturated heterocycles. The van der Waals surface area contributed by atoms with Crippen LogP contribution in [0.15, 0.2) is 60.7 Å². The van der Waals surface area contributed by atoms with Crippen molar-refractivity contribution in [3.63, 3.8) is 0 Å². The average Bonchev–Trinajstić information content (AvgIpc) is 2.74.